The Labute approximate surface area is 109 Å². The lowest BCUT2D eigenvalue weighted by Crippen LogP contribution is -2.63. The van der Waals surface area contributed by atoms with Gasteiger partial charge in [0.1, 0.15) is 11.4 Å². The zero-order chi connectivity index (χ0) is 13.8. The first kappa shape index (κ1) is 14.8. The van der Waals surface area contributed by atoms with E-state index in [1.165, 1.54) is 0 Å². The van der Waals surface area contributed by atoms with Crippen molar-refractivity contribution in [3.05, 3.63) is 0 Å². The molecule has 6 nitrogen and oxygen atoms in total. The van der Waals surface area contributed by atoms with Crippen LogP contribution in [0.5, 0.6) is 0 Å². The number of nitrogens with two attached hydrogens (primary N) is 1. The molecule has 6 heteroatoms. The quantitative estimate of drug-likeness (QED) is 0.503. The number of nitrogens with one attached hydrogen (secondary N) is 2. The van der Waals surface area contributed by atoms with Crippen molar-refractivity contribution in [1.82, 2.24) is 15.1 Å². The van der Waals surface area contributed by atoms with E-state index in [0.29, 0.717) is 25.9 Å². The van der Waals surface area contributed by atoms with Crippen LogP contribution in [0.2, 0.25) is 0 Å². The second-order valence-electron chi connectivity index (χ2n) is 4.90. The Kier molecular flexibility index (Phi) is 4.95. The standard InChI is InChI=1S/C12H25N5O/c1-4-17(5-2)11(18)15-12(10(13)14)6-8-16(3)9-7-12/h4-9H2,1-3H3,(H3,13,14)(H,15,18). The molecule has 0 aromatic heterocycles. The van der Waals surface area contributed by atoms with Crippen LogP contribution in [0.4, 0.5) is 4.79 Å². The van der Waals surface area contributed by atoms with Crippen LogP contribution in [0.25, 0.3) is 0 Å². The lowest BCUT2D eigenvalue weighted by Gasteiger charge is -2.41. The summed E-state index contributed by atoms with van der Waals surface area (Å²) in [5, 5.41) is 10.7. The van der Waals surface area contributed by atoms with Crippen LogP contribution >= 0.6 is 0 Å². The van der Waals surface area contributed by atoms with Gasteiger partial charge in [-0.3, -0.25) is 5.41 Å². The van der Waals surface area contributed by atoms with Crippen molar-refractivity contribution in [3.8, 4) is 0 Å². The van der Waals surface area contributed by atoms with Gasteiger partial charge in [-0.2, -0.15) is 0 Å². The summed E-state index contributed by atoms with van der Waals surface area (Å²) in [5.41, 5.74) is 5.05. The van der Waals surface area contributed by atoms with E-state index in [2.05, 4.69) is 10.2 Å². The zero-order valence-corrected chi connectivity index (χ0v) is 11.6. The number of urea groups is 1. The summed E-state index contributed by atoms with van der Waals surface area (Å²) in [4.78, 5) is 16.0. The van der Waals surface area contributed by atoms with Crippen LogP contribution in [0.1, 0.15) is 26.7 Å². The summed E-state index contributed by atoms with van der Waals surface area (Å²) >= 11 is 0. The maximum atomic E-state index is 12.1. The normalized spacial score (nSPS) is 19.3. The monoisotopic (exact) mass is 255 g/mol. The van der Waals surface area contributed by atoms with Crippen molar-refractivity contribution >= 4 is 11.9 Å². The molecule has 0 atom stereocenters. The number of carbonyl (C=O) groups excluding carboxylic acids is 1. The molecule has 0 aliphatic carbocycles. The summed E-state index contributed by atoms with van der Waals surface area (Å²) in [7, 11) is 2.04. The second kappa shape index (κ2) is 6.04. The number of carbonyl (C=O) groups is 1. The Morgan fingerprint density at radius 2 is 1.89 bits per heavy atom. The van der Waals surface area contributed by atoms with Gasteiger partial charge in [0.25, 0.3) is 0 Å². The summed E-state index contributed by atoms with van der Waals surface area (Å²) in [6, 6.07) is -0.125. The van der Waals surface area contributed by atoms with Gasteiger partial charge >= 0.3 is 6.03 Å². The van der Waals surface area contributed by atoms with Gasteiger partial charge in [-0.05, 0) is 33.7 Å². The number of amides is 2. The molecule has 1 rings (SSSR count). The lowest BCUT2D eigenvalue weighted by molar-refractivity contribution is 0.170. The Morgan fingerprint density at radius 1 is 1.39 bits per heavy atom. The van der Waals surface area contributed by atoms with Crippen molar-refractivity contribution in [2.75, 3.05) is 33.2 Å². The molecule has 0 bridgehead atoms. The molecule has 2 amide bonds. The average molecular weight is 255 g/mol. The van der Waals surface area contributed by atoms with Crippen LogP contribution in [0.3, 0.4) is 0 Å². The van der Waals surface area contributed by atoms with Gasteiger partial charge in [0.2, 0.25) is 0 Å². The van der Waals surface area contributed by atoms with Crippen molar-refractivity contribution < 1.29 is 4.79 Å². The first-order valence-electron chi connectivity index (χ1n) is 6.55. The Hall–Kier alpha value is -1.30. The second-order valence-corrected chi connectivity index (χ2v) is 4.90. The van der Waals surface area contributed by atoms with Gasteiger partial charge in [-0.15, -0.1) is 0 Å². The highest BCUT2D eigenvalue weighted by molar-refractivity contribution is 5.92. The number of nitrogens with zero attached hydrogens (tertiary/aromatic N) is 2. The van der Waals surface area contributed by atoms with E-state index in [0.717, 1.165) is 13.1 Å². The van der Waals surface area contributed by atoms with E-state index in [1.54, 1.807) is 4.90 Å². The molecule has 4 N–H and O–H groups in total. The highest BCUT2D eigenvalue weighted by atomic mass is 16.2. The SMILES string of the molecule is CCN(CC)C(=O)NC1(C(=N)N)CCN(C)CC1. The van der Waals surface area contributed by atoms with E-state index in [1.807, 2.05) is 20.9 Å². The van der Waals surface area contributed by atoms with Gasteiger partial charge in [0.05, 0.1) is 0 Å². The summed E-state index contributed by atoms with van der Waals surface area (Å²) < 4.78 is 0. The molecule has 0 spiro atoms. The third kappa shape index (κ3) is 3.13. The molecule has 1 aliphatic rings. The molecule has 0 unspecified atom stereocenters. The van der Waals surface area contributed by atoms with Gasteiger partial charge < -0.3 is 20.9 Å². The summed E-state index contributed by atoms with van der Waals surface area (Å²) in [6.07, 6.45) is 1.40. The number of amidine groups is 1. The fourth-order valence-corrected chi connectivity index (χ4v) is 2.26. The Balaban J connectivity index is 2.75. The maximum absolute atomic E-state index is 12.1. The fraction of sp³-hybridized carbons (Fsp3) is 0.833. The zero-order valence-electron chi connectivity index (χ0n) is 11.6. The fourth-order valence-electron chi connectivity index (χ4n) is 2.26. The Morgan fingerprint density at radius 3 is 2.28 bits per heavy atom. The Bertz CT molecular complexity index is 306. The third-order valence-electron chi connectivity index (χ3n) is 3.75. The first-order chi connectivity index (χ1) is 8.45. The molecular weight excluding hydrogens is 230 g/mol. The molecule has 0 saturated carbocycles. The summed E-state index contributed by atoms with van der Waals surface area (Å²) in [6.45, 7) is 6.90. The van der Waals surface area contributed by atoms with Crippen LogP contribution in [-0.4, -0.2) is 60.4 Å². The minimum absolute atomic E-state index is 0.0658. The molecule has 1 aliphatic heterocycles. The molecule has 1 heterocycles. The number of piperidine rings is 1. The van der Waals surface area contributed by atoms with E-state index >= 15 is 0 Å². The number of rotatable bonds is 4. The van der Waals surface area contributed by atoms with Crippen LogP contribution in [-0.2, 0) is 0 Å². The van der Waals surface area contributed by atoms with E-state index in [9.17, 15) is 4.79 Å². The third-order valence-corrected chi connectivity index (χ3v) is 3.75. The highest BCUT2D eigenvalue weighted by Crippen LogP contribution is 2.21. The van der Waals surface area contributed by atoms with E-state index < -0.39 is 5.54 Å². The van der Waals surface area contributed by atoms with Crippen molar-refractivity contribution in [2.24, 2.45) is 5.73 Å². The molecule has 1 fully saturated rings. The van der Waals surface area contributed by atoms with Gasteiger partial charge in [0, 0.05) is 26.2 Å². The summed E-state index contributed by atoms with van der Waals surface area (Å²) in [5.74, 6) is 0.0658. The van der Waals surface area contributed by atoms with E-state index in [-0.39, 0.29) is 11.9 Å². The molecule has 104 valence electrons. The number of hydrogen-bond acceptors (Lipinski definition) is 3. The maximum Gasteiger partial charge on any atom is 0.318 e. The molecule has 0 aromatic rings. The van der Waals surface area contributed by atoms with Gasteiger partial charge in [0.15, 0.2) is 0 Å². The van der Waals surface area contributed by atoms with Gasteiger partial charge in [-0.25, -0.2) is 4.79 Å². The van der Waals surface area contributed by atoms with Gasteiger partial charge in [-0.1, -0.05) is 0 Å². The number of hydrogen-bond donors (Lipinski definition) is 3. The topological polar surface area (TPSA) is 85.5 Å². The van der Waals surface area contributed by atoms with Crippen molar-refractivity contribution in [3.63, 3.8) is 0 Å². The van der Waals surface area contributed by atoms with Crippen LogP contribution in [0.15, 0.2) is 0 Å². The lowest BCUT2D eigenvalue weighted by atomic mass is 9.86. The smallest absolute Gasteiger partial charge is 0.318 e. The van der Waals surface area contributed by atoms with Crippen molar-refractivity contribution in [1.29, 1.82) is 5.41 Å². The largest absolute Gasteiger partial charge is 0.386 e. The molecule has 0 radical (unpaired) electrons. The highest BCUT2D eigenvalue weighted by Gasteiger charge is 2.38. The predicted octanol–water partition coefficient (Wildman–Crippen LogP) is 0.438. The van der Waals surface area contributed by atoms with E-state index in [4.69, 9.17) is 11.1 Å². The average Bonchev–Trinajstić information content (AvgIpc) is 2.33. The molecular formula is C12H25N5O. The van der Waals surface area contributed by atoms with Crippen molar-refractivity contribution in [2.45, 2.75) is 32.2 Å². The molecule has 18 heavy (non-hydrogen) atoms. The first-order valence-corrected chi connectivity index (χ1v) is 6.55. The predicted molar refractivity (Wildman–Crippen MR) is 72.8 cm³/mol. The minimum atomic E-state index is -0.661. The molecule has 0 aromatic carbocycles. The number of likely N-dealkylation sites (tertiary alicyclic amines) is 1. The molecule has 1 saturated heterocycles. The van der Waals surface area contributed by atoms with Crippen LogP contribution < -0.4 is 11.1 Å². The van der Waals surface area contributed by atoms with Crippen LogP contribution in [0, 0.1) is 5.41 Å². The minimum Gasteiger partial charge on any atom is -0.386 e.